The second-order valence-electron chi connectivity index (χ2n) is 5.94. The number of nitrogens with one attached hydrogen (secondary N) is 1. The van der Waals surface area contributed by atoms with Crippen molar-refractivity contribution in [2.24, 2.45) is 0 Å². The van der Waals surface area contributed by atoms with Crippen molar-refractivity contribution < 1.29 is 8.78 Å². The van der Waals surface area contributed by atoms with Crippen molar-refractivity contribution in [2.45, 2.75) is 51.5 Å². The molecule has 2 rings (SSSR count). The highest BCUT2D eigenvalue weighted by atomic mass is 19.1. The van der Waals surface area contributed by atoms with E-state index in [-0.39, 0.29) is 17.0 Å². The Morgan fingerprint density at radius 1 is 1.22 bits per heavy atom. The first-order valence-corrected chi connectivity index (χ1v) is 6.59. The monoisotopic (exact) mass is 253 g/mol. The number of benzene rings is 1. The Bertz CT molecular complexity index is 436. The summed E-state index contributed by atoms with van der Waals surface area (Å²) in [6, 6.07) is 3.29. The Labute approximate surface area is 108 Å². The molecule has 0 bridgehead atoms. The van der Waals surface area contributed by atoms with Crippen LogP contribution in [0.25, 0.3) is 0 Å². The molecule has 0 aromatic heterocycles. The van der Waals surface area contributed by atoms with E-state index in [1.54, 1.807) is 6.92 Å². The molecule has 0 saturated heterocycles. The molecule has 1 saturated carbocycles. The van der Waals surface area contributed by atoms with E-state index in [2.05, 4.69) is 5.32 Å². The van der Waals surface area contributed by atoms with Gasteiger partial charge in [-0.25, -0.2) is 8.78 Å². The molecule has 0 atom stereocenters. The summed E-state index contributed by atoms with van der Waals surface area (Å²) in [6.07, 6.45) is 3.30. The van der Waals surface area contributed by atoms with Crippen LogP contribution in [0.15, 0.2) is 12.1 Å². The first-order chi connectivity index (χ1) is 8.40. The Morgan fingerprint density at radius 2 is 1.89 bits per heavy atom. The lowest BCUT2D eigenvalue weighted by Gasteiger charge is -2.26. The first-order valence-electron chi connectivity index (χ1n) is 6.59. The number of rotatable bonds is 5. The van der Waals surface area contributed by atoms with Gasteiger partial charge in [0.1, 0.15) is 11.6 Å². The smallest absolute Gasteiger partial charge is 0.127 e. The van der Waals surface area contributed by atoms with Crippen molar-refractivity contribution >= 4 is 0 Å². The molecule has 0 heterocycles. The van der Waals surface area contributed by atoms with Crippen molar-refractivity contribution in [1.29, 1.82) is 0 Å². The third kappa shape index (κ3) is 3.08. The maximum atomic E-state index is 13.9. The molecular weight excluding hydrogens is 232 g/mol. The average Bonchev–Trinajstić information content (AvgIpc) is 3.07. The predicted octanol–water partition coefficient (Wildman–Crippen LogP) is 3.69. The standard InChI is InChI=1S/C15H21F2N/c1-10-8-14(17)12(9-13(10)16)15(2,3)6-7-18-11-4-5-11/h8-9,11,18H,4-7H2,1-3H3. The normalized spacial score (nSPS) is 16.1. The summed E-state index contributed by atoms with van der Waals surface area (Å²) in [6.45, 7) is 6.37. The zero-order valence-corrected chi connectivity index (χ0v) is 11.3. The zero-order valence-electron chi connectivity index (χ0n) is 11.3. The number of aryl methyl sites for hydroxylation is 1. The Hall–Kier alpha value is -0.960. The predicted molar refractivity (Wildman–Crippen MR) is 69.8 cm³/mol. The second kappa shape index (κ2) is 4.96. The summed E-state index contributed by atoms with van der Waals surface area (Å²) in [5, 5.41) is 3.41. The van der Waals surface area contributed by atoms with Crippen LogP contribution in [-0.4, -0.2) is 12.6 Å². The van der Waals surface area contributed by atoms with Crippen LogP contribution in [0.1, 0.15) is 44.2 Å². The van der Waals surface area contributed by atoms with Gasteiger partial charge in [0.25, 0.3) is 0 Å². The van der Waals surface area contributed by atoms with Gasteiger partial charge >= 0.3 is 0 Å². The lowest BCUT2D eigenvalue weighted by atomic mass is 9.81. The zero-order chi connectivity index (χ0) is 13.3. The molecule has 18 heavy (non-hydrogen) atoms. The van der Waals surface area contributed by atoms with E-state index in [0.717, 1.165) is 13.0 Å². The van der Waals surface area contributed by atoms with Gasteiger partial charge in [-0.15, -0.1) is 0 Å². The van der Waals surface area contributed by atoms with Gasteiger partial charge in [0.15, 0.2) is 0 Å². The molecule has 1 aromatic carbocycles. The van der Waals surface area contributed by atoms with E-state index in [9.17, 15) is 8.78 Å². The van der Waals surface area contributed by atoms with E-state index in [1.165, 1.54) is 25.0 Å². The second-order valence-corrected chi connectivity index (χ2v) is 5.94. The van der Waals surface area contributed by atoms with Crippen LogP contribution >= 0.6 is 0 Å². The van der Waals surface area contributed by atoms with E-state index >= 15 is 0 Å². The van der Waals surface area contributed by atoms with Crippen LogP contribution in [0.2, 0.25) is 0 Å². The van der Waals surface area contributed by atoms with Crippen LogP contribution in [-0.2, 0) is 5.41 Å². The van der Waals surface area contributed by atoms with Gasteiger partial charge in [0.2, 0.25) is 0 Å². The van der Waals surface area contributed by atoms with Crippen LogP contribution in [0.5, 0.6) is 0 Å². The molecule has 3 heteroatoms. The highest BCUT2D eigenvalue weighted by molar-refractivity contribution is 5.30. The molecule has 0 spiro atoms. The summed E-state index contributed by atoms with van der Waals surface area (Å²) in [5.74, 6) is -0.625. The van der Waals surface area contributed by atoms with E-state index in [4.69, 9.17) is 0 Å². The fourth-order valence-electron chi connectivity index (χ4n) is 2.18. The molecule has 1 nitrogen and oxygen atoms in total. The minimum atomic E-state index is -0.347. The van der Waals surface area contributed by atoms with E-state index < -0.39 is 0 Å². The first kappa shape index (κ1) is 13.5. The van der Waals surface area contributed by atoms with Gasteiger partial charge in [0, 0.05) is 6.04 Å². The molecule has 1 N–H and O–H groups in total. The van der Waals surface area contributed by atoms with Gasteiger partial charge in [-0.05, 0) is 61.4 Å². The quantitative estimate of drug-likeness (QED) is 0.843. The highest BCUT2D eigenvalue weighted by Crippen LogP contribution is 2.31. The van der Waals surface area contributed by atoms with Gasteiger partial charge < -0.3 is 5.32 Å². The molecule has 0 amide bonds. The summed E-state index contributed by atoms with van der Waals surface area (Å²) in [4.78, 5) is 0. The average molecular weight is 253 g/mol. The summed E-state index contributed by atoms with van der Waals surface area (Å²) >= 11 is 0. The van der Waals surface area contributed by atoms with Gasteiger partial charge in [0.05, 0.1) is 0 Å². The Kier molecular flexibility index (Phi) is 3.71. The maximum absolute atomic E-state index is 13.9. The van der Waals surface area contributed by atoms with Crippen molar-refractivity contribution in [1.82, 2.24) is 5.32 Å². The molecule has 0 unspecified atom stereocenters. The topological polar surface area (TPSA) is 12.0 Å². The lowest BCUT2D eigenvalue weighted by Crippen LogP contribution is -2.27. The van der Waals surface area contributed by atoms with Gasteiger partial charge in [-0.2, -0.15) is 0 Å². The van der Waals surface area contributed by atoms with Crippen LogP contribution in [0, 0.1) is 18.6 Å². The molecule has 1 aliphatic rings. The largest absolute Gasteiger partial charge is 0.314 e. The van der Waals surface area contributed by atoms with Crippen molar-refractivity contribution in [3.05, 3.63) is 34.9 Å². The van der Waals surface area contributed by atoms with Crippen molar-refractivity contribution in [2.75, 3.05) is 6.54 Å². The summed E-state index contributed by atoms with van der Waals surface area (Å²) in [7, 11) is 0. The molecule has 1 aromatic rings. The highest BCUT2D eigenvalue weighted by Gasteiger charge is 2.27. The Balaban J connectivity index is 2.09. The minimum absolute atomic E-state index is 0.301. The molecule has 1 fully saturated rings. The fourth-order valence-corrected chi connectivity index (χ4v) is 2.18. The number of halogens is 2. The fraction of sp³-hybridized carbons (Fsp3) is 0.600. The third-order valence-electron chi connectivity index (χ3n) is 3.74. The van der Waals surface area contributed by atoms with Crippen molar-refractivity contribution in [3.63, 3.8) is 0 Å². The SMILES string of the molecule is Cc1cc(F)c(C(C)(C)CCNC2CC2)cc1F. The number of hydrogen-bond acceptors (Lipinski definition) is 1. The van der Waals surface area contributed by atoms with Crippen LogP contribution < -0.4 is 5.32 Å². The maximum Gasteiger partial charge on any atom is 0.127 e. The molecule has 1 aliphatic carbocycles. The molecular formula is C15H21F2N. The Morgan fingerprint density at radius 3 is 2.50 bits per heavy atom. The summed E-state index contributed by atoms with van der Waals surface area (Å²) < 4.78 is 27.5. The molecule has 0 radical (unpaired) electrons. The van der Waals surface area contributed by atoms with Crippen LogP contribution in [0.4, 0.5) is 8.78 Å². The van der Waals surface area contributed by atoms with Crippen LogP contribution in [0.3, 0.4) is 0 Å². The van der Waals surface area contributed by atoms with Gasteiger partial charge in [-0.3, -0.25) is 0 Å². The van der Waals surface area contributed by atoms with E-state index in [1.807, 2.05) is 13.8 Å². The molecule has 100 valence electrons. The third-order valence-corrected chi connectivity index (χ3v) is 3.74. The number of hydrogen-bond donors (Lipinski definition) is 1. The van der Waals surface area contributed by atoms with Crippen molar-refractivity contribution in [3.8, 4) is 0 Å². The van der Waals surface area contributed by atoms with Gasteiger partial charge in [-0.1, -0.05) is 13.8 Å². The van der Waals surface area contributed by atoms with E-state index in [0.29, 0.717) is 17.2 Å². The lowest BCUT2D eigenvalue weighted by molar-refractivity contribution is 0.429. The minimum Gasteiger partial charge on any atom is -0.314 e. The molecule has 0 aliphatic heterocycles. The summed E-state index contributed by atoms with van der Waals surface area (Å²) in [5.41, 5.74) is 0.493.